The molecule has 290 valence electrons. The van der Waals surface area contributed by atoms with Crippen molar-refractivity contribution in [1.29, 1.82) is 0 Å². The molecule has 0 amide bonds. The maximum Gasteiger partial charge on any atom is 0.263 e. The molecule has 0 aliphatic heterocycles. The standard InChI is InChI=1S/C41H63N3O7S/c1-4-7-10-13-16-19-27-48-38-31-36(51-34-43-52(46,47)37-24-22-23-35(30-37)41(45)44-26-25-42-33-44)32-39(49-28-20-17-14-11-8-5-2)40(38)50-29-21-18-15-12-9-6-3/h22-26,30-33,43H,4-21,27-29,34H2,1-3H3. The van der Waals surface area contributed by atoms with Crippen LogP contribution in [0.5, 0.6) is 23.0 Å². The van der Waals surface area contributed by atoms with Gasteiger partial charge in [0.2, 0.25) is 15.8 Å². The van der Waals surface area contributed by atoms with Crippen LogP contribution in [0.2, 0.25) is 0 Å². The van der Waals surface area contributed by atoms with E-state index >= 15 is 0 Å². The van der Waals surface area contributed by atoms with Crippen molar-refractivity contribution in [1.82, 2.24) is 14.3 Å². The first-order valence-electron chi connectivity index (χ1n) is 19.7. The van der Waals surface area contributed by atoms with Gasteiger partial charge >= 0.3 is 0 Å². The van der Waals surface area contributed by atoms with Crippen LogP contribution in [-0.2, 0) is 10.0 Å². The molecule has 0 bridgehead atoms. The fourth-order valence-corrected chi connectivity index (χ4v) is 6.70. The fraction of sp³-hybridized carbons (Fsp3) is 0.610. The Balaban J connectivity index is 1.74. The molecule has 11 heteroatoms. The van der Waals surface area contributed by atoms with Gasteiger partial charge in [-0.05, 0) is 37.5 Å². The Morgan fingerprint density at radius 1 is 0.673 bits per heavy atom. The molecule has 0 saturated carbocycles. The third kappa shape index (κ3) is 16.0. The Morgan fingerprint density at radius 3 is 1.71 bits per heavy atom. The summed E-state index contributed by atoms with van der Waals surface area (Å²) < 4.78 is 55.3. The number of hydrogen-bond donors (Lipinski definition) is 1. The van der Waals surface area contributed by atoms with E-state index in [4.69, 9.17) is 18.9 Å². The molecule has 1 N–H and O–H groups in total. The summed E-state index contributed by atoms with van der Waals surface area (Å²) in [5.41, 5.74) is 0.220. The van der Waals surface area contributed by atoms with Gasteiger partial charge in [-0.1, -0.05) is 123 Å². The maximum atomic E-state index is 13.2. The SMILES string of the molecule is CCCCCCCCOc1cc(OCNS(=O)(=O)c2cccc(C(=O)n3ccnc3)c2)cc(OCCCCCCCC)c1OCCCCCCCC. The third-order valence-corrected chi connectivity index (χ3v) is 10.2. The normalized spacial score (nSPS) is 11.4. The summed E-state index contributed by atoms with van der Waals surface area (Å²) in [5.74, 6) is 1.64. The highest BCUT2D eigenvalue weighted by atomic mass is 32.2. The summed E-state index contributed by atoms with van der Waals surface area (Å²) in [6.45, 7) is 7.92. The number of ether oxygens (including phenoxy) is 4. The lowest BCUT2D eigenvalue weighted by Gasteiger charge is -2.19. The van der Waals surface area contributed by atoms with E-state index in [0.29, 0.717) is 42.8 Å². The maximum absolute atomic E-state index is 13.2. The summed E-state index contributed by atoms with van der Waals surface area (Å²) >= 11 is 0. The predicted molar refractivity (Wildman–Crippen MR) is 207 cm³/mol. The average Bonchev–Trinajstić information content (AvgIpc) is 3.69. The molecule has 0 radical (unpaired) electrons. The number of imidazole rings is 1. The number of carbonyl (C=O) groups excluding carboxylic acids is 1. The van der Waals surface area contributed by atoms with Gasteiger partial charge in [0.05, 0.1) is 24.7 Å². The zero-order valence-electron chi connectivity index (χ0n) is 31.9. The van der Waals surface area contributed by atoms with Gasteiger partial charge in [-0.25, -0.2) is 13.4 Å². The minimum absolute atomic E-state index is 0.0496. The van der Waals surface area contributed by atoms with Crippen molar-refractivity contribution < 1.29 is 32.2 Å². The van der Waals surface area contributed by atoms with E-state index in [9.17, 15) is 13.2 Å². The lowest BCUT2D eigenvalue weighted by Crippen LogP contribution is -2.28. The second-order valence-corrected chi connectivity index (χ2v) is 15.1. The third-order valence-electron chi connectivity index (χ3n) is 8.87. The zero-order chi connectivity index (χ0) is 37.3. The van der Waals surface area contributed by atoms with Gasteiger partial charge in [0.15, 0.2) is 18.2 Å². The van der Waals surface area contributed by atoms with Crippen LogP contribution in [0.25, 0.3) is 0 Å². The number of nitrogens with zero attached hydrogens (tertiary/aromatic N) is 2. The Morgan fingerprint density at radius 2 is 1.19 bits per heavy atom. The second-order valence-electron chi connectivity index (χ2n) is 13.3. The average molecular weight is 742 g/mol. The van der Waals surface area contributed by atoms with E-state index in [-0.39, 0.29) is 23.1 Å². The van der Waals surface area contributed by atoms with E-state index in [1.54, 1.807) is 18.2 Å². The van der Waals surface area contributed by atoms with Gasteiger partial charge in [-0.2, -0.15) is 4.72 Å². The molecule has 0 fully saturated rings. The number of sulfonamides is 1. The van der Waals surface area contributed by atoms with Crippen molar-refractivity contribution in [2.24, 2.45) is 0 Å². The monoisotopic (exact) mass is 741 g/mol. The first-order chi connectivity index (χ1) is 25.4. The van der Waals surface area contributed by atoms with Crippen LogP contribution in [0.1, 0.15) is 147 Å². The van der Waals surface area contributed by atoms with Crippen LogP contribution in [0.15, 0.2) is 60.0 Å². The molecule has 0 atom stereocenters. The highest BCUT2D eigenvalue weighted by molar-refractivity contribution is 7.89. The summed E-state index contributed by atoms with van der Waals surface area (Å²) in [4.78, 5) is 16.6. The molecule has 0 aliphatic rings. The Hall–Kier alpha value is -3.57. The molecule has 0 unspecified atom stereocenters. The second kappa shape index (κ2) is 25.4. The molecule has 0 spiro atoms. The summed E-state index contributed by atoms with van der Waals surface area (Å²) in [6, 6.07) is 9.38. The molecule has 2 aromatic carbocycles. The van der Waals surface area contributed by atoms with Crippen molar-refractivity contribution in [3.8, 4) is 23.0 Å². The Kier molecular flexibility index (Phi) is 20.9. The summed E-state index contributed by atoms with van der Waals surface area (Å²) in [6.07, 6.45) is 25.0. The molecule has 1 aromatic heterocycles. The van der Waals surface area contributed by atoms with E-state index in [0.717, 1.165) is 38.5 Å². The zero-order valence-corrected chi connectivity index (χ0v) is 32.7. The van der Waals surface area contributed by atoms with Gasteiger partial charge < -0.3 is 18.9 Å². The van der Waals surface area contributed by atoms with Crippen molar-refractivity contribution in [3.63, 3.8) is 0 Å². The summed E-state index contributed by atoms with van der Waals surface area (Å²) in [5, 5.41) is 0. The number of aromatic nitrogens is 2. The van der Waals surface area contributed by atoms with Crippen LogP contribution in [0, 0.1) is 0 Å². The van der Waals surface area contributed by atoms with Crippen LogP contribution < -0.4 is 23.7 Å². The molecule has 10 nitrogen and oxygen atoms in total. The van der Waals surface area contributed by atoms with Crippen LogP contribution >= 0.6 is 0 Å². The van der Waals surface area contributed by atoms with Gasteiger partial charge in [-0.3, -0.25) is 9.36 Å². The number of benzene rings is 2. The van der Waals surface area contributed by atoms with E-state index in [1.807, 2.05) is 0 Å². The lowest BCUT2D eigenvalue weighted by atomic mass is 10.1. The van der Waals surface area contributed by atoms with Gasteiger partial charge in [-0.15, -0.1) is 0 Å². The first kappa shape index (κ1) is 42.8. The van der Waals surface area contributed by atoms with Crippen LogP contribution in [0.3, 0.4) is 0 Å². The molecule has 0 aliphatic carbocycles. The minimum Gasteiger partial charge on any atom is -0.489 e. The van der Waals surface area contributed by atoms with Crippen molar-refractivity contribution in [2.45, 2.75) is 141 Å². The smallest absolute Gasteiger partial charge is 0.263 e. The number of hydrogen-bond acceptors (Lipinski definition) is 8. The molecular weight excluding hydrogens is 679 g/mol. The predicted octanol–water partition coefficient (Wildman–Crippen LogP) is 10.1. The van der Waals surface area contributed by atoms with Gasteiger partial charge in [0, 0.05) is 30.1 Å². The van der Waals surface area contributed by atoms with Gasteiger partial charge in [0.25, 0.3) is 5.91 Å². The largest absolute Gasteiger partial charge is 0.489 e. The van der Waals surface area contributed by atoms with E-state index in [2.05, 4.69) is 30.5 Å². The molecule has 52 heavy (non-hydrogen) atoms. The van der Waals surface area contributed by atoms with Crippen molar-refractivity contribution >= 4 is 15.9 Å². The Labute approximate surface area is 313 Å². The number of rotatable bonds is 30. The molecule has 3 aromatic rings. The molecule has 0 saturated heterocycles. The quantitative estimate of drug-likeness (QED) is 0.0530. The number of nitrogens with one attached hydrogen (secondary N) is 1. The highest BCUT2D eigenvalue weighted by Crippen LogP contribution is 2.42. The van der Waals surface area contributed by atoms with Crippen LogP contribution in [-0.4, -0.2) is 50.4 Å². The summed E-state index contributed by atoms with van der Waals surface area (Å²) in [7, 11) is -4.00. The topological polar surface area (TPSA) is 118 Å². The highest BCUT2D eigenvalue weighted by Gasteiger charge is 2.20. The van der Waals surface area contributed by atoms with Crippen LogP contribution in [0.4, 0.5) is 0 Å². The van der Waals surface area contributed by atoms with Crippen molar-refractivity contribution in [3.05, 3.63) is 60.7 Å². The van der Waals surface area contributed by atoms with E-state index < -0.39 is 10.0 Å². The molecule has 1 heterocycles. The van der Waals surface area contributed by atoms with E-state index in [1.165, 1.54) is 119 Å². The fourth-order valence-electron chi connectivity index (χ4n) is 5.78. The minimum atomic E-state index is -4.00. The van der Waals surface area contributed by atoms with Gasteiger partial charge in [0.1, 0.15) is 12.1 Å². The Bertz CT molecular complexity index is 1470. The van der Waals surface area contributed by atoms with Crippen molar-refractivity contribution in [2.75, 3.05) is 26.6 Å². The number of unbranched alkanes of at least 4 members (excludes halogenated alkanes) is 15. The first-order valence-corrected chi connectivity index (χ1v) is 21.2. The lowest BCUT2D eigenvalue weighted by molar-refractivity contribution is 0.0959. The molecule has 3 rings (SSSR count). The number of carbonyl (C=O) groups is 1. The molecular formula is C41H63N3O7S.